The number of hydrogen-bond donors (Lipinski definition) is 1. The first kappa shape index (κ1) is 18.6. The maximum absolute atomic E-state index is 12.4. The SMILES string of the molecule is CCCNCc1csc(S(=O)(=O)N(C)CCOC(C)C)c1. The molecular weight excluding hydrogens is 308 g/mol. The fourth-order valence-corrected chi connectivity index (χ4v) is 4.25. The molecule has 1 rings (SSSR count). The van der Waals surface area contributed by atoms with E-state index in [0.29, 0.717) is 23.9 Å². The normalized spacial score (nSPS) is 12.5. The minimum atomic E-state index is -3.40. The van der Waals surface area contributed by atoms with Crippen LogP contribution in [0.4, 0.5) is 0 Å². The molecule has 0 unspecified atom stereocenters. The van der Waals surface area contributed by atoms with Crippen molar-refractivity contribution in [1.29, 1.82) is 0 Å². The second-order valence-corrected chi connectivity index (χ2v) is 8.38. The minimum Gasteiger partial charge on any atom is -0.377 e. The van der Waals surface area contributed by atoms with Gasteiger partial charge in [0.15, 0.2) is 0 Å². The average molecular weight is 335 g/mol. The lowest BCUT2D eigenvalue weighted by molar-refractivity contribution is 0.0737. The number of hydrogen-bond acceptors (Lipinski definition) is 5. The lowest BCUT2D eigenvalue weighted by Gasteiger charge is -2.16. The summed E-state index contributed by atoms with van der Waals surface area (Å²) in [6.07, 6.45) is 1.17. The van der Waals surface area contributed by atoms with Gasteiger partial charge in [0, 0.05) is 20.1 Å². The maximum atomic E-state index is 12.4. The standard InChI is InChI=1S/C14H26N2O3S2/c1-5-6-15-10-13-9-14(20-11-13)21(17,18)16(4)7-8-19-12(2)3/h9,11-12,15H,5-8,10H2,1-4H3. The lowest BCUT2D eigenvalue weighted by atomic mass is 10.3. The Balaban J connectivity index is 2.60. The van der Waals surface area contributed by atoms with Crippen molar-refractivity contribution in [1.82, 2.24) is 9.62 Å². The quantitative estimate of drug-likeness (QED) is 0.667. The van der Waals surface area contributed by atoms with Gasteiger partial charge < -0.3 is 10.1 Å². The van der Waals surface area contributed by atoms with Crippen LogP contribution in [-0.4, -0.2) is 45.6 Å². The van der Waals surface area contributed by atoms with E-state index in [0.717, 1.165) is 18.5 Å². The molecule has 0 aromatic carbocycles. The van der Waals surface area contributed by atoms with Crippen LogP contribution in [0.15, 0.2) is 15.7 Å². The number of rotatable bonds is 10. The average Bonchev–Trinajstić information content (AvgIpc) is 2.88. The van der Waals surface area contributed by atoms with E-state index < -0.39 is 10.0 Å². The summed E-state index contributed by atoms with van der Waals surface area (Å²) in [4.78, 5) is 0. The molecule has 0 saturated heterocycles. The molecule has 0 spiro atoms. The predicted octanol–water partition coefficient (Wildman–Crippen LogP) is 2.29. The first-order valence-corrected chi connectivity index (χ1v) is 9.56. The molecule has 1 aromatic rings. The summed E-state index contributed by atoms with van der Waals surface area (Å²) in [6, 6.07) is 1.75. The zero-order valence-corrected chi connectivity index (χ0v) is 14.9. The molecule has 0 amide bonds. The summed E-state index contributed by atoms with van der Waals surface area (Å²) in [7, 11) is -1.81. The van der Waals surface area contributed by atoms with Crippen LogP contribution in [0, 0.1) is 0 Å². The number of nitrogens with zero attached hydrogens (tertiary/aromatic N) is 1. The summed E-state index contributed by atoms with van der Waals surface area (Å²) in [5, 5.41) is 5.17. The second kappa shape index (κ2) is 8.85. The molecular formula is C14H26N2O3S2. The number of thiophene rings is 1. The number of ether oxygens (including phenoxy) is 1. The topological polar surface area (TPSA) is 58.6 Å². The summed E-state index contributed by atoms with van der Waals surface area (Å²) in [5.41, 5.74) is 1.01. The molecule has 0 fully saturated rings. The van der Waals surface area contributed by atoms with E-state index in [1.807, 2.05) is 19.2 Å². The van der Waals surface area contributed by atoms with Crippen molar-refractivity contribution < 1.29 is 13.2 Å². The van der Waals surface area contributed by atoms with Gasteiger partial charge in [0.05, 0.1) is 12.7 Å². The molecule has 1 N–H and O–H groups in total. The van der Waals surface area contributed by atoms with Crippen molar-refractivity contribution in [2.75, 3.05) is 26.7 Å². The van der Waals surface area contributed by atoms with Gasteiger partial charge in [-0.25, -0.2) is 8.42 Å². The van der Waals surface area contributed by atoms with Crippen LogP contribution >= 0.6 is 11.3 Å². The lowest BCUT2D eigenvalue weighted by Crippen LogP contribution is -2.30. The zero-order valence-electron chi connectivity index (χ0n) is 13.3. The third-order valence-electron chi connectivity index (χ3n) is 2.91. The van der Waals surface area contributed by atoms with E-state index in [2.05, 4.69) is 12.2 Å². The summed E-state index contributed by atoms with van der Waals surface area (Å²) in [5.74, 6) is 0. The summed E-state index contributed by atoms with van der Waals surface area (Å²) in [6.45, 7) is 8.38. The monoisotopic (exact) mass is 334 g/mol. The maximum Gasteiger partial charge on any atom is 0.252 e. The fourth-order valence-electron chi connectivity index (χ4n) is 1.68. The van der Waals surface area contributed by atoms with Gasteiger partial charge in [-0.2, -0.15) is 4.31 Å². The molecule has 1 heterocycles. The number of sulfonamides is 1. The summed E-state index contributed by atoms with van der Waals surface area (Å²) >= 11 is 1.27. The van der Waals surface area contributed by atoms with Crippen LogP contribution in [-0.2, 0) is 21.3 Å². The Hall–Kier alpha value is -0.470. The van der Waals surface area contributed by atoms with Gasteiger partial charge in [0.2, 0.25) is 0 Å². The molecule has 0 aliphatic heterocycles. The minimum absolute atomic E-state index is 0.110. The molecule has 5 nitrogen and oxygen atoms in total. The van der Waals surface area contributed by atoms with Crippen molar-refractivity contribution in [3.8, 4) is 0 Å². The Morgan fingerprint density at radius 2 is 2.14 bits per heavy atom. The van der Waals surface area contributed by atoms with Gasteiger partial charge in [-0.15, -0.1) is 11.3 Å². The van der Waals surface area contributed by atoms with Gasteiger partial charge in [0.1, 0.15) is 4.21 Å². The smallest absolute Gasteiger partial charge is 0.252 e. The van der Waals surface area contributed by atoms with Crippen molar-refractivity contribution >= 4 is 21.4 Å². The van der Waals surface area contributed by atoms with Gasteiger partial charge in [-0.1, -0.05) is 6.92 Å². The van der Waals surface area contributed by atoms with Gasteiger partial charge >= 0.3 is 0 Å². The number of likely N-dealkylation sites (N-methyl/N-ethyl adjacent to an activating group) is 1. The van der Waals surface area contributed by atoms with Gasteiger partial charge in [0.25, 0.3) is 10.0 Å². The second-order valence-electron chi connectivity index (χ2n) is 5.20. The van der Waals surface area contributed by atoms with Gasteiger partial charge in [-0.3, -0.25) is 0 Å². The van der Waals surface area contributed by atoms with Crippen molar-refractivity contribution in [3.63, 3.8) is 0 Å². The highest BCUT2D eigenvalue weighted by Gasteiger charge is 2.22. The molecule has 21 heavy (non-hydrogen) atoms. The first-order chi connectivity index (χ1) is 9.87. The van der Waals surface area contributed by atoms with Crippen LogP contribution in [0.3, 0.4) is 0 Å². The Bertz CT molecular complexity index is 512. The fraction of sp³-hybridized carbons (Fsp3) is 0.714. The molecule has 0 aliphatic rings. The molecule has 0 atom stereocenters. The van der Waals surface area contributed by atoms with E-state index in [1.54, 1.807) is 13.1 Å². The van der Waals surface area contributed by atoms with E-state index >= 15 is 0 Å². The van der Waals surface area contributed by atoms with Crippen molar-refractivity contribution in [2.45, 2.75) is 44.0 Å². The highest BCUT2D eigenvalue weighted by Crippen LogP contribution is 2.23. The molecule has 0 radical (unpaired) electrons. The molecule has 1 aromatic heterocycles. The van der Waals surface area contributed by atoms with E-state index in [-0.39, 0.29) is 6.10 Å². The third kappa shape index (κ3) is 6.04. The Morgan fingerprint density at radius 3 is 2.76 bits per heavy atom. The van der Waals surface area contributed by atoms with Crippen molar-refractivity contribution in [3.05, 3.63) is 17.0 Å². The summed E-state index contributed by atoms with van der Waals surface area (Å²) < 4.78 is 32.0. The molecule has 0 saturated carbocycles. The Kier molecular flexibility index (Phi) is 7.83. The molecule has 7 heteroatoms. The third-order valence-corrected chi connectivity index (χ3v) is 6.23. The molecule has 0 bridgehead atoms. The Morgan fingerprint density at radius 1 is 1.43 bits per heavy atom. The van der Waals surface area contributed by atoms with Crippen LogP contribution in [0.1, 0.15) is 32.8 Å². The largest absolute Gasteiger partial charge is 0.377 e. The molecule has 122 valence electrons. The predicted molar refractivity (Wildman–Crippen MR) is 87.2 cm³/mol. The highest BCUT2D eigenvalue weighted by molar-refractivity contribution is 7.91. The van der Waals surface area contributed by atoms with Crippen LogP contribution in [0.25, 0.3) is 0 Å². The zero-order chi connectivity index (χ0) is 15.9. The van der Waals surface area contributed by atoms with Crippen LogP contribution < -0.4 is 5.32 Å². The van der Waals surface area contributed by atoms with Gasteiger partial charge in [-0.05, 0) is 43.8 Å². The van der Waals surface area contributed by atoms with Crippen molar-refractivity contribution in [2.24, 2.45) is 0 Å². The van der Waals surface area contributed by atoms with E-state index in [4.69, 9.17) is 4.74 Å². The first-order valence-electron chi connectivity index (χ1n) is 7.24. The van der Waals surface area contributed by atoms with E-state index in [9.17, 15) is 8.42 Å². The number of nitrogens with one attached hydrogen (secondary N) is 1. The molecule has 0 aliphatic carbocycles. The van der Waals surface area contributed by atoms with Crippen LogP contribution in [0.5, 0.6) is 0 Å². The van der Waals surface area contributed by atoms with Crippen LogP contribution in [0.2, 0.25) is 0 Å². The highest BCUT2D eigenvalue weighted by atomic mass is 32.2. The Labute approximate surface area is 132 Å². The van der Waals surface area contributed by atoms with E-state index in [1.165, 1.54) is 15.6 Å².